The molecule has 11 heteroatoms. The van der Waals surface area contributed by atoms with E-state index in [2.05, 4.69) is 20.6 Å². The fourth-order valence-corrected chi connectivity index (χ4v) is 3.80. The Morgan fingerprint density at radius 2 is 1.72 bits per heavy atom. The number of furan rings is 1. The van der Waals surface area contributed by atoms with Crippen LogP contribution in [0.5, 0.6) is 0 Å². The highest BCUT2D eigenvalue weighted by atomic mass is 32.1. The number of aromatic nitrogens is 2. The van der Waals surface area contributed by atoms with E-state index >= 15 is 0 Å². The van der Waals surface area contributed by atoms with E-state index in [1.807, 2.05) is 0 Å². The monoisotopic (exact) mass is 434 g/mol. The van der Waals surface area contributed by atoms with Crippen LogP contribution in [0.4, 0.5) is 10.3 Å². The van der Waals surface area contributed by atoms with Crippen molar-refractivity contribution >= 4 is 50.7 Å². The Labute approximate surface area is 174 Å². The molecule has 3 aromatic heterocycles. The summed E-state index contributed by atoms with van der Waals surface area (Å²) in [7, 11) is 0. The van der Waals surface area contributed by atoms with Gasteiger partial charge < -0.3 is 14.5 Å². The lowest BCUT2D eigenvalue weighted by Gasteiger charge is -2.01. The molecule has 3 heterocycles. The number of rotatable bonds is 8. The summed E-state index contributed by atoms with van der Waals surface area (Å²) in [5.74, 6) is -0.461. The van der Waals surface area contributed by atoms with Crippen molar-refractivity contribution < 1.29 is 23.5 Å². The van der Waals surface area contributed by atoms with Crippen molar-refractivity contribution in [3.63, 3.8) is 0 Å². The van der Waals surface area contributed by atoms with E-state index in [-0.39, 0.29) is 30.6 Å². The SMILES string of the molecule is CCOC(=O)Cc1csc(NC(=O)Cc2csc(NC(=O)c3ccoc3C)n2)n1. The smallest absolute Gasteiger partial charge is 0.311 e. The Hall–Kier alpha value is -3.05. The standard InChI is InChI=1S/C18H18N4O5S2/c1-3-26-15(24)7-12-9-28-17(20-12)21-14(23)6-11-8-29-18(19-11)22-16(25)13-4-5-27-10(13)2/h4-5,8-9H,3,6-7H2,1-2H3,(H,19,22,25)(H,20,21,23). The molecule has 0 saturated carbocycles. The van der Waals surface area contributed by atoms with E-state index in [4.69, 9.17) is 9.15 Å². The van der Waals surface area contributed by atoms with Crippen LogP contribution in [0.3, 0.4) is 0 Å². The maximum atomic E-state index is 12.2. The summed E-state index contributed by atoms with van der Waals surface area (Å²) in [6.07, 6.45) is 1.54. The van der Waals surface area contributed by atoms with Crippen LogP contribution in [0.15, 0.2) is 27.5 Å². The Bertz CT molecular complexity index is 1020. The zero-order chi connectivity index (χ0) is 20.8. The van der Waals surface area contributed by atoms with Crippen molar-refractivity contribution in [3.05, 3.63) is 45.8 Å². The summed E-state index contributed by atoms with van der Waals surface area (Å²) in [5.41, 5.74) is 1.49. The average Bonchev–Trinajstić information content (AvgIpc) is 3.38. The minimum absolute atomic E-state index is 0.0316. The normalized spacial score (nSPS) is 10.6. The first-order chi connectivity index (χ1) is 13.9. The van der Waals surface area contributed by atoms with E-state index in [1.54, 1.807) is 30.7 Å². The van der Waals surface area contributed by atoms with Gasteiger partial charge in [-0.1, -0.05) is 0 Å². The highest BCUT2D eigenvalue weighted by Gasteiger charge is 2.15. The van der Waals surface area contributed by atoms with Crippen LogP contribution in [0.1, 0.15) is 34.4 Å². The van der Waals surface area contributed by atoms with Gasteiger partial charge in [0.2, 0.25) is 5.91 Å². The molecule has 2 N–H and O–H groups in total. The van der Waals surface area contributed by atoms with Gasteiger partial charge in [0.25, 0.3) is 5.91 Å². The lowest BCUT2D eigenvalue weighted by molar-refractivity contribution is -0.142. The van der Waals surface area contributed by atoms with Crippen molar-refractivity contribution in [1.29, 1.82) is 0 Å². The number of ether oxygens (including phenoxy) is 1. The number of hydrogen-bond donors (Lipinski definition) is 2. The number of carbonyl (C=O) groups is 3. The Morgan fingerprint density at radius 1 is 1.07 bits per heavy atom. The van der Waals surface area contributed by atoms with Crippen LogP contribution in [0.25, 0.3) is 0 Å². The zero-order valence-electron chi connectivity index (χ0n) is 15.7. The van der Waals surface area contributed by atoms with E-state index in [1.165, 1.54) is 28.9 Å². The van der Waals surface area contributed by atoms with Gasteiger partial charge in [0, 0.05) is 10.8 Å². The fourth-order valence-electron chi connectivity index (χ4n) is 2.36. The number of carbonyl (C=O) groups excluding carboxylic acids is 3. The van der Waals surface area contributed by atoms with Gasteiger partial charge in [-0.15, -0.1) is 22.7 Å². The van der Waals surface area contributed by atoms with Crippen molar-refractivity contribution in [2.24, 2.45) is 0 Å². The predicted octanol–water partition coefficient (Wildman–Crippen LogP) is 3.04. The molecule has 0 aliphatic rings. The van der Waals surface area contributed by atoms with Crippen LogP contribution >= 0.6 is 22.7 Å². The minimum atomic E-state index is -0.363. The lowest BCUT2D eigenvalue weighted by Crippen LogP contribution is -2.15. The summed E-state index contributed by atoms with van der Waals surface area (Å²) in [5, 5.41) is 9.55. The highest BCUT2D eigenvalue weighted by Crippen LogP contribution is 2.20. The number of hydrogen-bond acceptors (Lipinski definition) is 9. The molecule has 0 atom stereocenters. The number of nitrogens with one attached hydrogen (secondary N) is 2. The summed E-state index contributed by atoms with van der Waals surface area (Å²) in [6.45, 7) is 3.74. The molecule has 2 amide bonds. The second-order valence-electron chi connectivity index (χ2n) is 5.84. The summed E-state index contributed by atoms with van der Waals surface area (Å²) in [4.78, 5) is 44.3. The molecule has 0 unspecified atom stereocenters. The Balaban J connectivity index is 1.51. The molecule has 3 rings (SSSR count). The first-order valence-corrected chi connectivity index (χ1v) is 10.4. The Kier molecular flexibility index (Phi) is 6.73. The van der Waals surface area contributed by atoms with E-state index in [9.17, 15) is 14.4 Å². The fraction of sp³-hybridized carbons (Fsp3) is 0.278. The third-order valence-electron chi connectivity index (χ3n) is 3.65. The van der Waals surface area contributed by atoms with E-state index in [0.29, 0.717) is 39.6 Å². The van der Waals surface area contributed by atoms with Gasteiger partial charge in [-0.2, -0.15) is 0 Å². The molecule has 0 aliphatic heterocycles. The summed E-state index contributed by atoms with van der Waals surface area (Å²) in [6, 6.07) is 1.58. The number of thiazole rings is 2. The molecule has 3 aromatic rings. The quantitative estimate of drug-likeness (QED) is 0.522. The zero-order valence-corrected chi connectivity index (χ0v) is 17.3. The van der Waals surface area contributed by atoms with Crippen LogP contribution in [-0.4, -0.2) is 34.4 Å². The number of aryl methyl sites for hydroxylation is 1. The molecule has 0 saturated heterocycles. The molecule has 152 valence electrons. The maximum absolute atomic E-state index is 12.2. The van der Waals surface area contributed by atoms with Gasteiger partial charge in [0.05, 0.1) is 42.7 Å². The largest absolute Gasteiger partial charge is 0.469 e. The van der Waals surface area contributed by atoms with Crippen molar-refractivity contribution in [2.45, 2.75) is 26.7 Å². The Morgan fingerprint density at radius 3 is 2.34 bits per heavy atom. The summed E-state index contributed by atoms with van der Waals surface area (Å²) >= 11 is 2.45. The molecule has 0 bridgehead atoms. The molecule has 0 fully saturated rings. The van der Waals surface area contributed by atoms with E-state index < -0.39 is 0 Å². The van der Waals surface area contributed by atoms with Crippen LogP contribution in [0.2, 0.25) is 0 Å². The van der Waals surface area contributed by atoms with Gasteiger partial charge in [-0.05, 0) is 19.9 Å². The topological polar surface area (TPSA) is 123 Å². The third kappa shape index (κ3) is 5.72. The van der Waals surface area contributed by atoms with Crippen LogP contribution in [-0.2, 0) is 27.2 Å². The second kappa shape index (κ2) is 9.43. The van der Waals surface area contributed by atoms with Crippen molar-refractivity contribution in [1.82, 2.24) is 9.97 Å². The molecule has 9 nitrogen and oxygen atoms in total. The first-order valence-electron chi connectivity index (χ1n) is 8.64. The number of amides is 2. The maximum Gasteiger partial charge on any atom is 0.311 e. The summed E-state index contributed by atoms with van der Waals surface area (Å²) < 4.78 is 9.98. The average molecular weight is 434 g/mol. The first kappa shape index (κ1) is 20.7. The van der Waals surface area contributed by atoms with E-state index in [0.717, 1.165) is 0 Å². The van der Waals surface area contributed by atoms with Crippen molar-refractivity contribution in [3.8, 4) is 0 Å². The minimum Gasteiger partial charge on any atom is -0.469 e. The number of esters is 1. The predicted molar refractivity (Wildman–Crippen MR) is 108 cm³/mol. The molecule has 0 radical (unpaired) electrons. The molecular formula is C18H18N4O5S2. The molecule has 0 aromatic carbocycles. The number of nitrogens with zero attached hydrogens (tertiary/aromatic N) is 2. The molecular weight excluding hydrogens is 416 g/mol. The second-order valence-corrected chi connectivity index (χ2v) is 7.56. The van der Waals surface area contributed by atoms with Gasteiger partial charge >= 0.3 is 5.97 Å². The van der Waals surface area contributed by atoms with Gasteiger partial charge in [0.1, 0.15) is 5.76 Å². The van der Waals surface area contributed by atoms with Crippen LogP contribution < -0.4 is 10.6 Å². The van der Waals surface area contributed by atoms with Crippen molar-refractivity contribution in [2.75, 3.05) is 17.2 Å². The molecule has 29 heavy (non-hydrogen) atoms. The molecule has 0 aliphatic carbocycles. The van der Waals surface area contributed by atoms with Crippen LogP contribution in [0, 0.1) is 6.92 Å². The lowest BCUT2D eigenvalue weighted by atomic mass is 10.2. The van der Waals surface area contributed by atoms with Gasteiger partial charge in [-0.25, -0.2) is 9.97 Å². The van der Waals surface area contributed by atoms with Gasteiger partial charge in [-0.3, -0.25) is 19.7 Å². The number of anilines is 2. The third-order valence-corrected chi connectivity index (χ3v) is 5.26. The van der Waals surface area contributed by atoms with Gasteiger partial charge in [0.15, 0.2) is 10.3 Å². The highest BCUT2D eigenvalue weighted by molar-refractivity contribution is 7.14. The molecule has 0 spiro atoms.